The van der Waals surface area contributed by atoms with E-state index in [9.17, 15) is 4.79 Å². The van der Waals surface area contributed by atoms with Gasteiger partial charge < -0.3 is 15.5 Å². The maximum absolute atomic E-state index is 12.4. The number of thiophene rings is 1. The van der Waals surface area contributed by atoms with Crippen LogP contribution >= 0.6 is 11.3 Å². The Hall–Kier alpha value is -2.15. The van der Waals surface area contributed by atoms with Gasteiger partial charge in [0.05, 0.1) is 16.3 Å². The zero-order valence-corrected chi connectivity index (χ0v) is 15.3. The molecule has 0 saturated carbocycles. The van der Waals surface area contributed by atoms with Gasteiger partial charge in [0, 0.05) is 24.3 Å². The molecule has 0 unspecified atom stereocenters. The summed E-state index contributed by atoms with van der Waals surface area (Å²) in [6.07, 6.45) is 4.40. The average molecular weight is 355 g/mol. The van der Waals surface area contributed by atoms with Crippen LogP contribution in [0.5, 0.6) is 0 Å². The number of nitrogens with one attached hydrogen (secondary N) is 2. The highest BCUT2D eigenvalue weighted by Crippen LogP contribution is 2.41. The summed E-state index contributed by atoms with van der Waals surface area (Å²) < 4.78 is 0. The van der Waals surface area contributed by atoms with Crippen molar-refractivity contribution in [1.29, 1.82) is 0 Å². The van der Waals surface area contributed by atoms with Crippen LogP contribution in [0.4, 0.5) is 11.6 Å². The minimum Gasteiger partial charge on any atom is -0.362 e. The topological polar surface area (TPSA) is 70.2 Å². The first-order valence-corrected chi connectivity index (χ1v) is 9.71. The monoisotopic (exact) mass is 355 g/mol. The lowest BCUT2D eigenvalue weighted by Crippen LogP contribution is -2.52. The number of amides is 1. The fourth-order valence-electron chi connectivity index (χ4n) is 3.76. The first-order chi connectivity index (χ1) is 12.0. The lowest BCUT2D eigenvalue weighted by atomic mass is 10.1. The Bertz CT molecular complexity index is 884. The van der Waals surface area contributed by atoms with Crippen molar-refractivity contribution in [3.05, 3.63) is 22.2 Å². The van der Waals surface area contributed by atoms with E-state index in [1.54, 1.807) is 0 Å². The maximum atomic E-state index is 12.4. The quantitative estimate of drug-likeness (QED) is 0.867. The molecule has 130 valence electrons. The summed E-state index contributed by atoms with van der Waals surface area (Å²) in [5.41, 5.74) is 3.96. The van der Waals surface area contributed by atoms with Crippen molar-refractivity contribution in [2.75, 3.05) is 23.3 Å². The number of carbonyl (C=O) groups excluding carboxylic acids is 1. The zero-order valence-electron chi connectivity index (χ0n) is 14.5. The van der Waals surface area contributed by atoms with Crippen molar-refractivity contribution in [1.82, 2.24) is 15.3 Å². The summed E-state index contributed by atoms with van der Waals surface area (Å²) in [4.78, 5) is 26.2. The number of anilines is 2. The molecule has 0 aromatic carbocycles. The molecule has 1 fully saturated rings. The Labute approximate surface area is 150 Å². The molecule has 0 radical (unpaired) electrons. The normalized spacial score (nSPS) is 20.4. The van der Waals surface area contributed by atoms with Gasteiger partial charge in [0.1, 0.15) is 10.5 Å². The predicted molar refractivity (Wildman–Crippen MR) is 99.4 cm³/mol. The molecule has 1 saturated heterocycles. The van der Waals surface area contributed by atoms with E-state index in [0.717, 1.165) is 59.4 Å². The number of carbonyl (C=O) groups is 1. The van der Waals surface area contributed by atoms with Crippen LogP contribution in [0.25, 0.3) is 10.6 Å². The van der Waals surface area contributed by atoms with Gasteiger partial charge in [0.15, 0.2) is 0 Å². The molecule has 4 heterocycles. The highest BCUT2D eigenvalue weighted by atomic mass is 32.1. The molecule has 6 nitrogen and oxygen atoms in total. The van der Waals surface area contributed by atoms with Crippen molar-refractivity contribution >= 4 is 28.9 Å². The Morgan fingerprint density at radius 1 is 1.16 bits per heavy atom. The van der Waals surface area contributed by atoms with Crippen LogP contribution in [0.1, 0.15) is 47.6 Å². The smallest absolute Gasteiger partial charge is 0.265 e. The summed E-state index contributed by atoms with van der Waals surface area (Å²) in [5.74, 6) is 0.842. The maximum Gasteiger partial charge on any atom is 0.265 e. The molecule has 2 aromatic rings. The fourth-order valence-corrected chi connectivity index (χ4v) is 4.78. The van der Waals surface area contributed by atoms with Crippen molar-refractivity contribution in [3.8, 4) is 10.6 Å². The Balaban J connectivity index is 1.62. The van der Waals surface area contributed by atoms with E-state index >= 15 is 0 Å². The molecule has 25 heavy (non-hydrogen) atoms. The standard InChI is InChI=1S/C18H21N5OS/c1-18(2)21-12-9-13(25-15(12)16(24)22-18)14-10-5-3-6-11(10)19-17(20-14)23-7-4-8-23/h9,21H,3-8H2,1-2H3,(H,22,24). The largest absolute Gasteiger partial charge is 0.362 e. The van der Waals surface area contributed by atoms with Crippen LogP contribution < -0.4 is 15.5 Å². The van der Waals surface area contributed by atoms with Gasteiger partial charge >= 0.3 is 0 Å². The van der Waals surface area contributed by atoms with Crippen molar-refractivity contribution in [2.45, 2.75) is 45.2 Å². The van der Waals surface area contributed by atoms with Crippen LogP contribution in [0.15, 0.2) is 6.07 Å². The Morgan fingerprint density at radius 2 is 2.00 bits per heavy atom. The number of hydrogen-bond acceptors (Lipinski definition) is 6. The van der Waals surface area contributed by atoms with Crippen LogP contribution in [0.2, 0.25) is 0 Å². The van der Waals surface area contributed by atoms with Crippen LogP contribution in [-0.4, -0.2) is 34.6 Å². The molecule has 5 rings (SSSR count). The third kappa shape index (κ3) is 2.40. The van der Waals surface area contributed by atoms with Crippen molar-refractivity contribution in [2.24, 2.45) is 0 Å². The summed E-state index contributed by atoms with van der Waals surface area (Å²) >= 11 is 1.53. The van der Waals surface area contributed by atoms with E-state index in [-0.39, 0.29) is 5.91 Å². The zero-order chi connectivity index (χ0) is 17.2. The molecule has 1 amide bonds. The van der Waals surface area contributed by atoms with E-state index in [4.69, 9.17) is 9.97 Å². The van der Waals surface area contributed by atoms with E-state index in [2.05, 4.69) is 21.6 Å². The summed E-state index contributed by atoms with van der Waals surface area (Å²) in [7, 11) is 0. The molecule has 7 heteroatoms. The van der Waals surface area contributed by atoms with Crippen LogP contribution in [0, 0.1) is 0 Å². The number of aryl methyl sites for hydroxylation is 1. The third-order valence-corrected chi connectivity index (χ3v) is 6.25. The van der Waals surface area contributed by atoms with Gasteiger partial charge in [0.25, 0.3) is 5.91 Å². The molecular weight excluding hydrogens is 334 g/mol. The minimum atomic E-state index is -0.432. The molecule has 2 aromatic heterocycles. The molecule has 2 N–H and O–H groups in total. The number of aromatic nitrogens is 2. The molecule has 3 aliphatic rings. The summed E-state index contributed by atoms with van der Waals surface area (Å²) in [6, 6.07) is 2.08. The van der Waals surface area contributed by atoms with Gasteiger partial charge in [-0.3, -0.25) is 4.79 Å². The molecule has 0 atom stereocenters. The number of hydrogen-bond donors (Lipinski definition) is 2. The second kappa shape index (κ2) is 5.17. The average Bonchev–Trinajstić information content (AvgIpc) is 3.09. The fraction of sp³-hybridized carbons (Fsp3) is 0.500. The van der Waals surface area contributed by atoms with Crippen LogP contribution in [-0.2, 0) is 12.8 Å². The van der Waals surface area contributed by atoms with E-state index in [0.29, 0.717) is 0 Å². The van der Waals surface area contributed by atoms with Gasteiger partial charge in [-0.1, -0.05) is 0 Å². The highest BCUT2D eigenvalue weighted by molar-refractivity contribution is 7.18. The Kier molecular flexibility index (Phi) is 3.13. The first kappa shape index (κ1) is 15.1. The molecule has 0 bridgehead atoms. The van der Waals surface area contributed by atoms with Gasteiger partial charge in [-0.25, -0.2) is 9.97 Å². The number of nitrogens with zero attached hydrogens (tertiary/aromatic N) is 3. The second-order valence-electron chi connectivity index (χ2n) is 7.55. The molecule has 2 aliphatic heterocycles. The summed E-state index contributed by atoms with van der Waals surface area (Å²) in [5, 5.41) is 6.41. The first-order valence-electron chi connectivity index (χ1n) is 8.90. The van der Waals surface area contributed by atoms with Crippen molar-refractivity contribution < 1.29 is 4.79 Å². The van der Waals surface area contributed by atoms with Gasteiger partial charge in [-0.2, -0.15) is 0 Å². The number of rotatable bonds is 2. The molecular formula is C18H21N5OS. The van der Waals surface area contributed by atoms with Crippen molar-refractivity contribution in [3.63, 3.8) is 0 Å². The third-order valence-electron chi connectivity index (χ3n) is 5.11. The predicted octanol–water partition coefficient (Wildman–Crippen LogP) is 2.80. The SMILES string of the molecule is CC1(C)NC(=O)c2sc(-c3nc(N4CCC4)nc4c3CCC4)cc2N1. The van der Waals surface area contributed by atoms with Crippen LogP contribution in [0.3, 0.4) is 0 Å². The van der Waals surface area contributed by atoms with E-state index in [1.165, 1.54) is 29.0 Å². The minimum absolute atomic E-state index is 0.0105. The lowest BCUT2D eigenvalue weighted by molar-refractivity contribution is 0.0919. The highest BCUT2D eigenvalue weighted by Gasteiger charge is 2.33. The Morgan fingerprint density at radius 3 is 2.76 bits per heavy atom. The lowest BCUT2D eigenvalue weighted by Gasteiger charge is -2.32. The van der Waals surface area contributed by atoms with E-state index in [1.807, 2.05) is 13.8 Å². The summed E-state index contributed by atoms with van der Waals surface area (Å²) in [6.45, 7) is 6.01. The van der Waals surface area contributed by atoms with Gasteiger partial charge in [-0.15, -0.1) is 11.3 Å². The molecule has 1 aliphatic carbocycles. The second-order valence-corrected chi connectivity index (χ2v) is 8.60. The number of fused-ring (bicyclic) bond motifs is 2. The van der Waals surface area contributed by atoms with Gasteiger partial charge in [0.2, 0.25) is 5.95 Å². The van der Waals surface area contributed by atoms with Gasteiger partial charge in [-0.05, 0) is 45.6 Å². The molecule has 0 spiro atoms. The van der Waals surface area contributed by atoms with E-state index < -0.39 is 5.66 Å².